The highest BCUT2D eigenvalue weighted by molar-refractivity contribution is 5.84. The average Bonchev–Trinajstić information content (AvgIpc) is 3.07. The van der Waals surface area contributed by atoms with Crippen LogP contribution in [0.25, 0.3) is 0 Å². The lowest BCUT2D eigenvalue weighted by Crippen LogP contribution is -2.49. The number of piperidine rings is 1. The molecule has 0 radical (unpaired) electrons. The molecule has 1 aromatic rings. The van der Waals surface area contributed by atoms with Gasteiger partial charge in [-0.3, -0.25) is 9.69 Å². The van der Waals surface area contributed by atoms with Crippen LogP contribution in [-0.2, 0) is 16.1 Å². The average molecular weight is 362 g/mol. The summed E-state index contributed by atoms with van der Waals surface area (Å²) < 4.78 is 10.7. The molecule has 1 aromatic carbocycles. The fourth-order valence-electron chi connectivity index (χ4n) is 4.18. The summed E-state index contributed by atoms with van der Waals surface area (Å²) in [7, 11) is 1.66. The number of hydrogen-bond acceptors (Lipinski definition) is 5. The number of hydrogen-bond donors (Lipinski definition) is 1. The molecule has 0 aromatic heterocycles. The molecular formula is C20H30N2O4. The zero-order valence-electron chi connectivity index (χ0n) is 15.7. The number of aliphatic hydroxyl groups is 1. The zero-order chi connectivity index (χ0) is 18.4. The van der Waals surface area contributed by atoms with E-state index in [2.05, 4.69) is 11.0 Å². The maximum absolute atomic E-state index is 13.2. The summed E-state index contributed by atoms with van der Waals surface area (Å²) in [6, 6.07) is 7.96. The molecule has 6 nitrogen and oxygen atoms in total. The molecule has 2 saturated heterocycles. The third-order valence-corrected chi connectivity index (χ3v) is 5.55. The van der Waals surface area contributed by atoms with E-state index in [-0.39, 0.29) is 12.0 Å². The number of nitrogens with zero attached hydrogens (tertiary/aromatic N) is 2. The highest BCUT2D eigenvalue weighted by Gasteiger charge is 2.48. The first-order chi connectivity index (χ1) is 12.7. The van der Waals surface area contributed by atoms with Crippen molar-refractivity contribution in [2.75, 3.05) is 53.1 Å². The third-order valence-electron chi connectivity index (χ3n) is 5.55. The van der Waals surface area contributed by atoms with E-state index >= 15 is 0 Å². The maximum Gasteiger partial charge on any atom is 0.230 e. The lowest BCUT2D eigenvalue weighted by Gasteiger charge is -2.39. The highest BCUT2D eigenvalue weighted by atomic mass is 16.5. The van der Waals surface area contributed by atoms with E-state index in [0.29, 0.717) is 25.7 Å². The molecule has 0 saturated carbocycles. The Kier molecular flexibility index (Phi) is 6.51. The molecule has 0 aliphatic carbocycles. The second-order valence-electron chi connectivity index (χ2n) is 7.32. The zero-order valence-corrected chi connectivity index (χ0v) is 15.7. The minimum Gasteiger partial charge on any atom is -0.497 e. The molecule has 26 heavy (non-hydrogen) atoms. The van der Waals surface area contributed by atoms with Crippen LogP contribution < -0.4 is 4.74 Å². The minimum absolute atomic E-state index is 0.0572. The SMILES string of the molecule is COc1cccc(CN2CCC[C@@]3(CCN(CCOCCO)C3)C2=O)c1. The Morgan fingerprint density at radius 3 is 2.92 bits per heavy atom. The van der Waals surface area contributed by atoms with Crippen molar-refractivity contribution in [2.45, 2.75) is 25.8 Å². The van der Waals surface area contributed by atoms with E-state index in [9.17, 15) is 4.79 Å². The Morgan fingerprint density at radius 1 is 1.23 bits per heavy atom. The van der Waals surface area contributed by atoms with Crippen LogP contribution in [0.2, 0.25) is 0 Å². The molecule has 0 unspecified atom stereocenters. The van der Waals surface area contributed by atoms with Gasteiger partial charge in [0.25, 0.3) is 0 Å². The summed E-state index contributed by atoms with van der Waals surface area (Å²) >= 11 is 0. The summed E-state index contributed by atoms with van der Waals surface area (Å²) in [5.41, 5.74) is 0.885. The van der Waals surface area contributed by atoms with Crippen molar-refractivity contribution in [3.63, 3.8) is 0 Å². The van der Waals surface area contributed by atoms with Crippen molar-refractivity contribution in [1.82, 2.24) is 9.80 Å². The number of benzene rings is 1. The van der Waals surface area contributed by atoms with Gasteiger partial charge in [0.15, 0.2) is 0 Å². The number of methoxy groups -OCH3 is 1. The smallest absolute Gasteiger partial charge is 0.230 e. The Hall–Kier alpha value is -1.63. The van der Waals surface area contributed by atoms with Crippen molar-refractivity contribution in [1.29, 1.82) is 0 Å². The summed E-state index contributed by atoms with van der Waals surface area (Å²) in [5, 5.41) is 8.78. The van der Waals surface area contributed by atoms with E-state index in [0.717, 1.165) is 56.8 Å². The standard InChI is InChI=1S/C20H30N2O4/c1-25-18-5-2-4-17(14-18)15-22-8-3-6-20(19(22)24)7-9-21(16-20)10-12-26-13-11-23/h2,4-5,14,23H,3,6-13,15-16H2,1H3/t20-/m0/s1. The number of ether oxygens (including phenoxy) is 2. The molecule has 1 N–H and O–H groups in total. The minimum atomic E-state index is -0.228. The Bertz CT molecular complexity index is 609. The molecular weight excluding hydrogens is 332 g/mol. The summed E-state index contributed by atoms with van der Waals surface area (Å²) in [4.78, 5) is 17.6. The Labute approximate surface area is 155 Å². The van der Waals surface area contributed by atoms with Crippen molar-refractivity contribution in [3.8, 4) is 5.75 Å². The predicted molar refractivity (Wildman–Crippen MR) is 99.0 cm³/mol. The predicted octanol–water partition coefficient (Wildman–Crippen LogP) is 1.52. The van der Waals surface area contributed by atoms with Gasteiger partial charge in [-0.15, -0.1) is 0 Å². The van der Waals surface area contributed by atoms with Gasteiger partial charge in [-0.2, -0.15) is 0 Å². The molecule has 2 aliphatic heterocycles. The Balaban J connectivity index is 1.59. The van der Waals surface area contributed by atoms with E-state index in [1.54, 1.807) is 7.11 Å². The van der Waals surface area contributed by atoms with Crippen LogP contribution in [0.15, 0.2) is 24.3 Å². The van der Waals surface area contributed by atoms with Gasteiger partial charge >= 0.3 is 0 Å². The second-order valence-corrected chi connectivity index (χ2v) is 7.32. The molecule has 2 aliphatic rings. The fourth-order valence-corrected chi connectivity index (χ4v) is 4.18. The normalized spacial score (nSPS) is 23.8. The van der Waals surface area contributed by atoms with Crippen LogP contribution in [0.3, 0.4) is 0 Å². The monoisotopic (exact) mass is 362 g/mol. The lowest BCUT2D eigenvalue weighted by molar-refractivity contribution is -0.146. The third kappa shape index (κ3) is 4.37. The van der Waals surface area contributed by atoms with Crippen molar-refractivity contribution < 1.29 is 19.4 Å². The van der Waals surface area contributed by atoms with Crippen LogP contribution in [0.1, 0.15) is 24.8 Å². The molecule has 1 amide bonds. The molecule has 2 heterocycles. The van der Waals surface area contributed by atoms with Gasteiger partial charge in [-0.25, -0.2) is 0 Å². The van der Waals surface area contributed by atoms with Crippen LogP contribution >= 0.6 is 0 Å². The maximum atomic E-state index is 13.2. The number of carbonyl (C=O) groups excluding carboxylic acids is 1. The largest absolute Gasteiger partial charge is 0.497 e. The van der Waals surface area contributed by atoms with Gasteiger partial charge in [0.1, 0.15) is 5.75 Å². The Morgan fingerprint density at radius 2 is 2.12 bits per heavy atom. The van der Waals surface area contributed by atoms with Crippen LogP contribution in [0.5, 0.6) is 5.75 Å². The molecule has 1 spiro atoms. The number of aliphatic hydroxyl groups excluding tert-OH is 1. The summed E-state index contributed by atoms with van der Waals surface area (Å²) in [6.45, 7) is 5.12. The number of rotatable bonds is 8. The van der Waals surface area contributed by atoms with Crippen LogP contribution in [0, 0.1) is 5.41 Å². The first-order valence-electron chi connectivity index (χ1n) is 9.50. The molecule has 1 atom stereocenters. The number of amides is 1. The fraction of sp³-hybridized carbons (Fsp3) is 0.650. The molecule has 144 valence electrons. The summed E-state index contributed by atoms with van der Waals surface area (Å²) in [5.74, 6) is 1.13. The van der Waals surface area contributed by atoms with Crippen molar-refractivity contribution in [2.24, 2.45) is 5.41 Å². The van der Waals surface area contributed by atoms with E-state index in [1.165, 1.54) is 0 Å². The van der Waals surface area contributed by atoms with Gasteiger partial charge in [-0.05, 0) is 43.5 Å². The van der Waals surface area contributed by atoms with Gasteiger partial charge in [0.05, 0.1) is 32.3 Å². The van der Waals surface area contributed by atoms with E-state index in [1.807, 2.05) is 23.1 Å². The lowest BCUT2D eigenvalue weighted by atomic mass is 9.78. The van der Waals surface area contributed by atoms with Gasteiger partial charge in [0, 0.05) is 26.2 Å². The number of likely N-dealkylation sites (tertiary alicyclic amines) is 2. The second kappa shape index (κ2) is 8.84. The topological polar surface area (TPSA) is 62.2 Å². The molecule has 2 fully saturated rings. The number of carbonyl (C=O) groups is 1. The molecule has 3 rings (SSSR count). The quantitative estimate of drug-likeness (QED) is 0.711. The molecule has 0 bridgehead atoms. The van der Waals surface area contributed by atoms with Crippen molar-refractivity contribution >= 4 is 5.91 Å². The highest BCUT2D eigenvalue weighted by Crippen LogP contribution is 2.40. The van der Waals surface area contributed by atoms with Crippen molar-refractivity contribution in [3.05, 3.63) is 29.8 Å². The van der Waals surface area contributed by atoms with E-state index in [4.69, 9.17) is 14.6 Å². The van der Waals surface area contributed by atoms with Crippen LogP contribution in [0.4, 0.5) is 0 Å². The first kappa shape index (κ1) is 19.1. The van der Waals surface area contributed by atoms with E-state index < -0.39 is 0 Å². The van der Waals surface area contributed by atoms with Gasteiger partial charge in [0.2, 0.25) is 5.91 Å². The van der Waals surface area contributed by atoms with Gasteiger partial charge < -0.3 is 19.5 Å². The van der Waals surface area contributed by atoms with Crippen LogP contribution in [-0.4, -0.2) is 73.9 Å². The first-order valence-corrected chi connectivity index (χ1v) is 9.50. The van der Waals surface area contributed by atoms with Gasteiger partial charge in [-0.1, -0.05) is 12.1 Å². The molecule has 6 heteroatoms. The summed E-state index contributed by atoms with van der Waals surface area (Å²) in [6.07, 6.45) is 2.97.